The Morgan fingerprint density at radius 3 is 2.76 bits per heavy atom. The molecule has 0 aliphatic rings. The number of benzene rings is 1. The van der Waals surface area contributed by atoms with E-state index in [0.29, 0.717) is 23.7 Å². The monoisotopic (exact) mass is 240 g/mol. The summed E-state index contributed by atoms with van der Waals surface area (Å²) in [5.41, 5.74) is 6.16. The average Bonchev–Trinajstić information content (AvgIpc) is 2.29. The van der Waals surface area contributed by atoms with Crippen molar-refractivity contribution >= 4 is 5.84 Å². The molecule has 0 aliphatic heterocycles. The van der Waals surface area contributed by atoms with E-state index >= 15 is 0 Å². The quantitative estimate of drug-likeness (QED) is 0.358. The van der Waals surface area contributed by atoms with Crippen LogP contribution in [0, 0.1) is 11.7 Å². The Morgan fingerprint density at radius 1 is 1.53 bits per heavy atom. The summed E-state index contributed by atoms with van der Waals surface area (Å²) in [5, 5.41) is 11.3. The Labute approximate surface area is 99.9 Å². The van der Waals surface area contributed by atoms with Crippen LogP contribution in [0.3, 0.4) is 0 Å². The molecule has 4 nitrogen and oxygen atoms in total. The average molecular weight is 240 g/mol. The van der Waals surface area contributed by atoms with Gasteiger partial charge in [0.1, 0.15) is 5.82 Å². The number of hydrogen-bond donors (Lipinski definition) is 2. The number of halogens is 1. The molecule has 0 atom stereocenters. The third kappa shape index (κ3) is 4.03. The first-order valence-corrected chi connectivity index (χ1v) is 5.38. The van der Waals surface area contributed by atoms with E-state index in [4.69, 9.17) is 15.7 Å². The van der Waals surface area contributed by atoms with Gasteiger partial charge in [0, 0.05) is 17.7 Å². The van der Waals surface area contributed by atoms with Gasteiger partial charge in [0.25, 0.3) is 0 Å². The molecular formula is C12H17FN2O2. The zero-order valence-corrected chi connectivity index (χ0v) is 9.98. The molecule has 0 saturated heterocycles. The van der Waals surface area contributed by atoms with Crippen molar-refractivity contribution in [3.63, 3.8) is 0 Å². The molecule has 1 aromatic rings. The molecule has 0 saturated carbocycles. The predicted octanol–water partition coefficient (Wildman–Crippen LogP) is 2.09. The molecule has 0 radical (unpaired) electrons. The topological polar surface area (TPSA) is 67.8 Å². The van der Waals surface area contributed by atoms with Crippen LogP contribution in [-0.2, 0) is 11.3 Å². The highest BCUT2D eigenvalue weighted by molar-refractivity contribution is 5.97. The minimum atomic E-state index is -0.419. The molecule has 5 heteroatoms. The Hall–Kier alpha value is -1.62. The third-order valence-electron chi connectivity index (χ3n) is 2.17. The smallest absolute Gasteiger partial charge is 0.170 e. The van der Waals surface area contributed by atoms with Gasteiger partial charge < -0.3 is 15.7 Å². The molecule has 1 aromatic carbocycles. The Kier molecular flexibility index (Phi) is 4.90. The second-order valence-electron chi connectivity index (χ2n) is 4.20. The largest absolute Gasteiger partial charge is 0.409 e. The summed E-state index contributed by atoms with van der Waals surface area (Å²) in [6.45, 7) is 4.86. The molecule has 0 aromatic heterocycles. The van der Waals surface area contributed by atoms with E-state index in [-0.39, 0.29) is 12.4 Å². The molecule has 17 heavy (non-hydrogen) atoms. The number of ether oxygens (including phenoxy) is 1. The van der Waals surface area contributed by atoms with Gasteiger partial charge in [-0.25, -0.2) is 4.39 Å². The lowest BCUT2D eigenvalue weighted by Crippen LogP contribution is -2.13. The van der Waals surface area contributed by atoms with Crippen LogP contribution in [0.5, 0.6) is 0 Å². The van der Waals surface area contributed by atoms with Gasteiger partial charge in [-0.1, -0.05) is 31.1 Å². The van der Waals surface area contributed by atoms with Crippen molar-refractivity contribution in [1.82, 2.24) is 0 Å². The van der Waals surface area contributed by atoms with Crippen molar-refractivity contribution in [2.24, 2.45) is 16.8 Å². The molecule has 0 spiro atoms. The van der Waals surface area contributed by atoms with Crippen molar-refractivity contribution in [2.45, 2.75) is 20.5 Å². The summed E-state index contributed by atoms with van der Waals surface area (Å²) in [7, 11) is 0. The van der Waals surface area contributed by atoms with Crippen LogP contribution in [0.15, 0.2) is 23.4 Å². The van der Waals surface area contributed by atoms with Crippen LogP contribution >= 0.6 is 0 Å². The Bertz CT molecular complexity index is 405. The van der Waals surface area contributed by atoms with Gasteiger partial charge in [0.2, 0.25) is 0 Å². The fourth-order valence-electron chi connectivity index (χ4n) is 1.29. The fraction of sp³-hybridized carbons (Fsp3) is 0.417. The molecule has 94 valence electrons. The standard InChI is InChI=1S/C12H17FN2O2/c1-8(2)6-17-7-10-4-3-9(5-11(10)13)12(14)15-16/h3-5,8,16H,6-7H2,1-2H3,(H2,14,15). The molecule has 0 aliphatic carbocycles. The SMILES string of the molecule is CC(C)COCc1ccc(/C(N)=N/O)cc1F. The Morgan fingerprint density at radius 2 is 2.24 bits per heavy atom. The van der Waals surface area contributed by atoms with Gasteiger partial charge in [-0.05, 0) is 12.0 Å². The van der Waals surface area contributed by atoms with Gasteiger partial charge >= 0.3 is 0 Å². The molecule has 3 N–H and O–H groups in total. The summed E-state index contributed by atoms with van der Waals surface area (Å²) >= 11 is 0. The first-order valence-electron chi connectivity index (χ1n) is 5.38. The van der Waals surface area contributed by atoms with E-state index in [0.717, 1.165) is 0 Å². The molecule has 0 amide bonds. The predicted molar refractivity (Wildman–Crippen MR) is 63.4 cm³/mol. The highest BCUT2D eigenvalue weighted by atomic mass is 19.1. The van der Waals surface area contributed by atoms with Crippen molar-refractivity contribution in [1.29, 1.82) is 0 Å². The van der Waals surface area contributed by atoms with Gasteiger partial charge in [-0.15, -0.1) is 0 Å². The normalized spacial score (nSPS) is 12.1. The second kappa shape index (κ2) is 6.20. The van der Waals surface area contributed by atoms with Crippen molar-refractivity contribution < 1.29 is 14.3 Å². The van der Waals surface area contributed by atoms with E-state index in [1.54, 1.807) is 12.1 Å². The molecule has 0 bridgehead atoms. The molecule has 0 fully saturated rings. The number of hydrogen-bond acceptors (Lipinski definition) is 3. The highest BCUT2D eigenvalue weighted by Crippen LogP contribution is 2.12. The van der Waals surface area contributed by atoms with Crippen molar-refractivity contribution in [3.8, 4) is 0 Å². The molecule has 0 unspecified atom stereocenters. The van der Waals surface area contributed by atoms with Crippen molar-refractivity contribution in [3.05, 3.63) is 35.1 Å². The summed E-state index contributed by atoms with van der Waals surface area (Å²) in [5.74, 6) is -0.120. The lowest BCUT2D eigenvalue weighted by atomic mass is 10.1. The fourth-order valence-corrected chi connectivity index (χ4v) is 1.29. The van der Waals surface area contributed by atoms with Crippen LogP contribution < -0.4 is 5.73 Å². The van der Waals surface area contributed by atoms with Gasteiger partial charge in [0.15, 0.2) is 5.84 Å². The number of oxime groups is 1. The molecule has 0 heterocycles. The summed E-state index contributed by atoms with van der Waals surface area (Å²) < 4.78 is 18.9. The second-order valence-corrected chi connectivity index (χ2v) is 4.20. The first kappa shape index (κ1) is 13.4. The maximum Gasteiger partial charge on any atom is 0.170 e. The minimum Gasteiger partial charge on any atom is -0.409 e. The zero-order chi connectivity index (χ0) is 12.8. The number of amidine groups is 1. The molecular weight excluding hydrogens is 223 g/mol. The highest BCUT2D eigenvalue weighted by Gasteiger charge is 2.06. The number of nitrogens with two attached hydrogens (primary N) is 1. The van der Waals surface area contributed by atoms with E-state index < -0.39 is 5.82 Å². The van der Waals surface area contributed by atoms with Gasteiger partial charge in [-0.3, -0.25) is 0 Å². The van der Waals surface area contributed by atoms with E-state index in [1.165, 1.54) is 6.07 Å². The zero-order valence-electron chi connectivity index (χ0n) is 9.98. The van der Waals surface area contributed by atoms with E-state index in [1.807, 2.05) is 13.8 Å². The van der Waals surface area contributed by atoms with Crippen molar-refractivity contribution in [2.75, 3.05) is 6.61 Å². The summed E-state index contributed by atoms with van der Waals surface area (Å²) in [6, 6.07) is 4.39. The maximum absolute atomic E-state index is 13.6. The van der Waals surface area contributed by atoms with Crippen LogP contribution in [0.25, 0.3) is 0 Å². The Balaban J connectivity index is 2.70. The lowest BCUT2D eigenvalue weighted by molar-refractivity contribution is 0.0950. The summed E-state index contributed by atoms with van der Waals surface area (Å²) in [4.78, 5) is 0. The maximum atomic E-state index is 13.6. The number of nitrogens with zero attached hydrogens (tertiary/aromatic N) is 1. The van der Waals surface area contributed by atoms with E-state index in [2.05, 4.69) is 5.16 Å². The summed E-state index contributed by atoms with van der Waals surface area (Å²) in [6.07, 6.45) is 0. The first-order chi connectivity index (χ1) is 8.04. The molecule has 1 rings (SSSR count). The lowest BCUT2D eigenvalue weighted by Gasteiger charge is -2.08. The minimum absolute atomic E-state index is 0.112. The van der Waals surface area contributed by atoms with Crippen LogP contribution in [0.2, 0.25) is 0 Å². The van der Waals surface area contributed by atoms with Crippen LogP contribution in [-0.4, -0.2) is 17.6 Å². The van der Waals surface area contributed by atoms with Gasteiger partial charge in [-0.2, -0.15) is 0 Å². The van der Waals surface area contributed by atoms with Crippen LogP contribution in [0.1, 0.15) is 25.0 Å². The van der Waals surface area contributed by atoms with Gasteiger partial charge in [0.05, 0.1) is 6.61 Å². The third-order valence-corrected chi connectivity index (χ3v) is 2.17. The van der Waals surface area contributed by atoms with E-state index in [9.17, 15) is 4.39 Å². The number of rotatable bonds is 5. The van der Waals surface area contributed by atoms with Crippen LogP contribution in [0.4, 0.5) is 4.39 Å².